The number of pyridine rings is 1. The fourth-order valence-electron chi connectivity index (χ4n) is 2.36. The lowest BCUT2D eigenvalue weighted by Gasteiger charge is -2.04. The second kappa shape index (κ2) is 5.69. The number of rotatable bonds is 4. The minimum absolute atomic E-state index is 0.136. The van der Waals surface area contributed by atoms with Crippen LogP contribution in [0.4, 0.5) is 0 Å². The van der Waals surface area contributed by atoms with E-state index in [1.807, 2.05) is 24.3 Å². The van der Waals surface area contributed by atoms with Gasteiger partial charge in [0.15, 0.2) is 0 Å². The summed E-state index contributed by atoms with van der Waals surface area (Å²) < 4.78 is 6.86. The molecule has 0 bridgehead atoms. The highest BCUT2D eigenvalue weighted by atomic mass is 35.5. The molecule has 0 spiro atoms. The summed E-state index contributed by atoms with van der Waals surface area (Å²) in [6.07, 6.45) is 1.54. The maximum Gasteiger partial charge on any atom is 0.309 e. The zero-order chi connectivity index (χ0) is 15.7. The van der Waals surface area contributed by atoms with Crippen molar-refractivity contribution in [1.82, 2.24) is 9.38 Å². The molecule has 0 aliphatic rings. The van der Waals surface area contributed by atoms with E-state index in [0.717, 1.165) is 11.3 Å². The second-order valence-electron chi connectivity index (χ2n) is 4.78. The van der Waals surface area contributed by atoms with Gasteiger partial charge in [-0.2, -0.15) is 0 Å². The smallest absolute Gasteiger partial charge is 0.309 e. The number of halogens is 1. The number of benzene rings is 1. The Morgan fingerprint density at radius 1 is 1.27 bits per heavy atom. The number of hydrogen-bond donors (Lipinski definition) is 1. The predicted molar refractivity (Wildman–Crippen MR) is 83.5 cm³/mol. The Morgan fingerprint density at radius 2 is 2.00 bits per heavy atom. The number of carbonyl (C=O) groups is 1. The summed E-state index contributed by atoms with van der Waals surface area (Å²) in [6, 6.07) is 10.8. The number of methoxy groups -OCH3 is 1. The van der Waals surface area contributed by atoms with E-state index in [-0.39, 0.29) is 6.42 Å². The molecule has 0 saturated heterocycles. The lowest BCUT2D eigenvalue weighted by molar-refractivity contribution is -0.136. The molecule has 0 saturated carbocycles. The highest BCUT2D eigenvalue weighted by molar-refractivity contribution is 6.30. The largest absolute Gasteiger partial charge is 0.497 e. The summed E-state index contributed by atoms with van der Waals surface area (Å²) in [5.41, 5.74) is 2.71. The fraction of sp³-hybridized carbons (Fsp3) is 0.125. The minimum Gasteiger partial charge on any atom is -0.497 e. The molecule has 112 valence electrons. The fourth-order valence-corrected chi connectivity index (χ4v) is 2.52. The van der Waals surface area contributed by atoms with Crippen molar-refractivity contribution in [3.63, 3.8) is 0 Å². The van der Waals surface area contributed by atoms with Crippen molar-refractivity contribution in [3.05, 3.63) is 53.3 Å². The summed E-state index contributed by atoms with van der Waals surface area (Å²) in [4.78, 5) is 15.7. The maximum absolute atomic E-state index is 11.2. The van der Waals surface area contributed by atoms with Gasteiger partial charge in [0.2, 0.25) is 0 Å². The van der Waals surface area contributed by atoms with E-state index in [0.29, 0.717) is 22.1 Å². The van der Waals surface area contributed by atoms with E-state index in [1.54, 1.807) is 29.8 Å². The van der Waals surface area contributed by atoms with Gasteiger partial charge in [-0.1, -0.05) is 11.6 Å². The Bertz CT molecular complexity index is 840. The van der Waals surface area contributed by atoms with Gasteiger partial charge in [-0.3, -0.25) is 4.79 Å². The molecule has 0 amide bonds. The van der Waals surface area contributed by atoms with Crippen molar-refractivity contribution < 1.29 is 14.6 Å². The first kappa shape index (κ1) is 14.4. The highest BCUT2D eigenvalue weighted by Crippen LogP contribution is 2.27. The molecule has 22 heavy (non-hydrogen) atoms. The van der Waals surface area contributed by atoms with E-state index in [2.05, 4.69) is 4.98 Å². The van der Waals surface area contributed by atoms with Gasteiger partial charge in [0.1, 0.15) is 11.4 Å². The van der Waals surface area contributed by atoms with E-state index < -0.39 is 5.97 Å². The van der Waals surface area contributed by atoms with Crippen molar-refractivity contribution in [2.45, 2.75) is 6.42 Å². The maximum atomic E-state index is 11.2. The van der Waals surface area contributed by atoms with Crippen LogP contribution in [0.2, 0.25) is 5.02 Å². The standard InChI is InChI=1S/C16H13ClN2O3/c1-22-12-5-2-10(3-6-12)16-13(8-15(20)21)19-9-11(17)4-7-14(19)18-16/h2-7,9H,8H2,1H3,(H,20,21). The van der Waals surface area contributed by atoms with Crippen molar-refractivity contribution in [1.29, 1.82) is 0 Å². The Labute approximate surface area is 131 Å². The third kappa shape index (κ3) is 2.63. The molecule has 0 atom stereocenters. The van der Waals surface area contributed by atoms with Crippen molar-refractivity contribution in [2.75, 3.05) is 7.11 Å². The lowest BCUT2D eigenvalue weighted by atomic mass is 10.1. The van der Waals surface area contributed by atoms with Crippen molar-refractivity contribution >= 4 is 23.2 Å². The topological polar surface area (TPSA) is 63.8 Å². The van der Waals surface area contributed by atoms with E-state index in [1.165, 1.54) is 0 Å². The first-order valence-electron chi connectivity index (χ1n) is 6.61. The summed E-state index contributed by atoms with van der Waals surface area (Å²) >= 11 is 6.01. The zero-order valence-electron chi connectivity index (χ0n) is 11.8. The molecule has 0 aliphatic heterocycles. The molecule has 0 unspecified atom stereocenters. The molecule has 1 aromatic carbocycles. The monoisotopic (exact) mass is 316 g/mol. The molecule has 3 aromatic rings. The van der Waals surface area contributed by atoms with Crippen molar-refractivity contribution in [3.8, 4) is 17.0 Å². The summed E-state index contributed by atoms with van der Waals surface area (Å²) in [7, 11) is 1.60. The summed E-state index contributed by atoms with van der Waals surface area (Å²) in [5.74, 6) is -0.188. The SMILES string of the molecule is COc1ccc(-c2nc3ccc(Cl)cn3c2CC(=O)O)cc1. The van der Waals surface area contributed by atoms with Gasteiger partial charge in [0.25, 0.3) is 0 Å². The van der Waals surface area contributed by atoms with Gasteiger partial charge in [-0.15, -0.1) is 0 Å². The number of ether oxygens (including phenoxy) is 1. The molecule has 0 aliphatic carbocycles. The van der Waals surface area contributed by atoms with Crippen LogP contribution in [0.5, 0.6) is 5.75 Å². The number of nitrogens with zero attached hydrogens (tertiary/aromatic N) is 2. The average molecular weight is 317 g/mol. The molecular weight excluding hydrogens is 304 g/mol. The quantitative estimate of drug-likeness (QED) is 0.802. The predicted octanol–water partition coefficient (Wildman–Crippen LogP) is 3.29. The molecule has 2 heterocycles. The molecule has 6 heteroatoms. The Morgan fingerprint density at radius 3 is 2.64 bits per heavy atom. The molecule has 2 aromatic heterocycles. The van der Waals surface area contributed by atoms with Crippen LogP contribution in [0.3, 0.4) is 0 Å². The van der Waals surface area contributed by atoms with Gasteiger partial charge >= 0.3 is 5.97 Å². The molecule has 3 rings (SSSR count). The first-order chi connectivity index (χ1) is 10.6. The minimum atomic E-state index is -0.920. The van der Waals surface area contributed by atoms with Crippen LogP contribution >= 0.6 is 11.6 Å². The van der Waals surface area contributed by atoms with Crippen LogP contribution in [0.1, 0.15) is 5.69 Å². The Hall–Kier alpha value is -2.53. The molecule has 0 radical (unpaired) electrons. The van der Waals surface area contributed by atoms with Gasteiger partial charge in [-0.25, -0.2) is 4.98 Å². The number of fused-ring (bicyclic) bond motifs is 1. The van der Waals surface area contributed by atoms with Crippen molar-refractivity contribution in [2.24, 2.45) is 0 Å². The second-order valence-corrected chi connectivity index (χ2v) is 5.22. The van der Waals surface area contributed by atoms with Gasteiger partial charge in [0.05, 0.1) is 29.9 Å². The van der Waals surface area contributed by atoms with Crippen LogP contribution in [0, 0.1) is 0 Å². The Balaban J connectivity index is 2.20. The number of imidazole rings is 1. The van der Waals surface area contributed by atoms with Gasteiger partial charge < -0.3 is 14.2 Å². The van der Waals surface area contributed by atoms with E-state index in [4.69, 9.17) is 16.3 Å². The highest BCUT2D eigenvalue weighted by Gasteiger charge is 2.17. The van der Waals surface area contributed by atoms with Crippen LogP contribution in [-0.4, -0.2) is 27.6 Å². The molecular formula is C16H13ClN2O3. The lowest BCUT2D eigenvalue weighted by Crippen LogP contribution is -2.04. The van der Waals surface area contributed by atoms with Crippen LogP contribution in [0.15, 0.2) is 42.6 Å². The number of carboxylic acid groups (broad SMARTS) is 1. The number of aromatic nitrogens is 2. The van der Waals surface area contributed by atoms with E-state index in [9.17, 15) is 9.90 Å². The molecule has 1 N–H and O–H groups in total. The average Bonchev–Trinajstić information content (AvgIpc) is 2.85. The molecule has 0 fully saturated rings. The van der Waals surface area contributed by atoms with Crippen LogP contribution in [-0.2, 0) is 11.2 Å². The van der Waals surface area contributed by atoms with E-state index >= 15 is 0 Å². The molecule has 5 nitrogen and oxygen atoms in total. The van der Waals surface area contributed by atoms with Gasteiger partial charge in [0, 0.05) is 11.8 Å². The third-order valence-corrected chi connectivity index (χ3v) is 3.59. The number of aliphatic carboxylic acids is 1. The Kier molecular flexibility index (Phi) is 3.73. The number of hydrogen-bond acceptors (Lipinski definition) is 3. The zero-order valence-corrected chi connectivity index (χ0v) is 12.5. The van der Waals surface area contributed by atoms with Gasteiger partial charge in [-0.05, 0) is 36.4 Å². The van der Waals surface area contributed by atoms with Crippen LogP contribution in [0.25, 0.3) is 16.9 Å². The third-order valence-electron chi connectivity index (χ3n) is 3.36. The normalized spacial score (nSPS) is 10.8. The first-order valence-corrected chi connectivity index (χ1v) is 6.99. The summed E-state index contributed by atoms with van der Waals surface area (Å²) in [6.45, 7) is 0. The summed E-state index contributed by atoms with van der Waals surface area (Å²) in [5, 5.41) is 9.70. The van der Waals surface area contributed by atoms with Crippen LogP contribution < -0.4 is 4.74 Å². The number of carboxylic acids is 1.